The Morgan fingerprint density at radius 1 is 1.10 bits per heavy atom. The van der Waals surface area contributed by atoms with Crippen LogP contribution in [0.4, 0.5) is 14.9 Å². The SMILES string of the molecule is O=C(/C=C/C[C@@H](OC(=O)Nc1cccc2ccccc12)c1ccc(O)c(F)c1)NO. The van der Waals surface area contributed by atoms with Crippen molar-refractivity contribution in [3.63, 3.8) is 0 Å². The summed E-state index contributed by atoms with van der Waals surface area (Å²) in [6.45, 7) is 0. The lowest BCUT2D eigenvalue weighted by molar-refractivity contribution is -0.124. The fourth-order valence-electron chi connectivity index (χ4n) is 2.91. The minimum Gasteiger partial charge on any atom is -0.505 e. The normalized spacial score (nSPS) is 11.9. The highest BCUT2D eigenvalue weighted by atomic mass is 19.1. The van der Waals surface area contributed by atoms with E-state index in [0.717, 1.165) is 29.0 Å². The molecule has 0 aliphatic rings. The van der Waals surface area contributed by atoms with Crippen LogP contribution in [0.25, 0.3) is 10.8 Å². The average Bonchev–Trinajstić information content (AvgIpc) is 2.75. The summed E-state index contributed by atoms with van der Waals surface area (Å²) >= 11 is 0. The minimum absolute atomic E-state index is 0.0284. The zero-order chi connectivity index (χ0) is 21.5. The molecule has 0 heterocycles. The molecule has 0 saturated carbocycles. The topological polar surface area (TPSA) is 108 Å². The number of halogens is 1. The van der Waals surface area contributed by atoms with Crippen LogP contribution in [-0.2, 0) is 9.53 Å². The molecule has 2 amide bonds. The Kier molecular flexibility index (Phi) is 6.61. The van der Waals surface area contributed by atoms with Crippen LogP contribution in [0.1, 0.15) is 18.1 Å². The van der Waals surface area contributed by atoms with Crippen LogP contribution in [0, 0.1) is 5.82 Å². The van der Waals surface area contributed by atoms with Crippen LogP contribution in [0.3, 0.4) is 0 Å². The van der Waals surface area contributed by atoms with E-state index < -0.39 is 29.7 Å². The van der Waals surface area contributed by atoms with Crippen molar-refractivity contribution in [1.29, 1.82) is 0 Å². The number of fused-ring (bicyclic) bond motifs is 1. The van der Waals surface area contributed by atoms with Crippen LogP contribution < -0.4 is 10.8 Å². The molecule has 1 atom stereocenters. The van der Waals surface area contributed by atoms with E-state index >= 15 is 0 Å². The van der Waals surface area contributed by atoms with Gasteiger partial charge in [-0.3, -0.25) is 15.3 Å². The van der Waals surface area contributed by atoms with Crippen LogP contribution in [0.15, 0.2) is 72.8 Å². The maximum Gasteiger partial charge on any atom is 0.412 e. The zero-order valence-corrected chi connectivity index (χ0v) is 15.7. The molecule has 0 aliphatic heterocycles. The summed E-state index contributed by atoms with van der Waals surface area (Å²) in [5, 5.41) is 22.4. The van der Waals surface area contributed by atoms with E-state index in [-0.39, 0.29) is 12.0 Å². The molecule has 0 aliphatic carbocycles. The summed E-state index contributed by atoms with van der Waals surface area (Å²) in [5.74, 6) is -2.16. The number of nitrogens with one attached hydrogen (secondary N) is 2. The Bertz CT molecular complexity index is 1090. The molecule has 0 saturated heterocycles. The van der Waals surface area contributed by atoms with Crippen molar-refractivity contribution in [3.05, 3.63) is 84.2 Å². The van der Waals surface area contributed by atoms with Crippen molar-refractivity contribution in [2.45, 2.75) is 12.5 Å². The van der Waals surface area contributed by atoms with Gasteiger partial charge >= 0.3 is 6.09 Å². The maximum absolute atomic E-state index is 13.8. The van der Waals surface area contributed by atoms with Gasteiger partial charge in [-0.15, -0.1) is 0 Å². The molecule has 3 aromatic carbocycles. The molecule has 0 radical (unpaired) electrons. The number of rotatable bonds is 6. The minimum atomic E-state index is -0.946. The third-order valence-electron chi connectivity index (χ3n) is 4.35. The van der Waals surface area contributed by atoms with Crippen molar-refractivity contribution >= 4 is 28.5 Å². The average molecular weight is 410 g/mol. The molecule has 7 nitrogen and oxygen atoms in total. The molecule has 3 aromatic rings. The predicted octanol–water partition coefficient (Wildman–Crippen LogP) is 4.43. The van der Waals surface area contributed by atoms with Gasteiger partial charge in [0.25, 0.3) is 5.91 Å². The van der Waals surface area contributed by atoms with Crippen molar-refractivity contribution in [1.82, 2.24) is 5.48 Å². The Balaban J connectivity index is 1.80. The quantitative estimate of drug-likeness (QED) is 0.273. The van der Waals surface area contributed by atoms with Gasteiger partial charge in [-0.25, -0.2) is 14.7 Å². The summed E-state index contributed by atoms with van der Waals surface area (Å²) in [7, 11) is 0. The highest BCUT2D eigenvalue weighted by Gasteiger charge is 2.18. The second-order valence-electron chi connectivity index (χ2n) is 6.37. The molecule has 8 heteroatoms. The number of hydrogen-bond donors (Lipinski definition) is 4. The molecule has 30 heavy (non-hydrogen) atoms. The number of aromatic hydroxyl groups is 1. The number of hydroxylamine groups is 1. The van der Waals surface area contributed by atoms with Gasteiger partial charge in [0.05, 0.1) is 5.69 Å². The lowest BCUT2D eigenvalue weighted by atomic mass is 10.1. The summed E-state index contributed by atoms with van der Waals surface area (Å²) in [5.41, 5.74) is 2.28. The highest BCUT2D eigenvalue weighted by Crippen LogP contribution is 2.28. The van der Waals surface area contributed by atoms with Crippen LogP contribution in [0.5, 0.6) is 5.75 Å². The molecule has 0 fully saturated rings. The number of anilines is 1. The van der Waals surface area contributed by atoms with Gasteiger partial charge in [-0.2, -0.15) is 0 Å². The third-order valence-corrected chi connectivity index (χ3v) is 4.35. The number of ether oxygens (including phenoxy) is 1. The first-order valence-corrected chi connectivity index (χ1v) is 9.02. The smallest absolute Gasteiger partial charge is 0.412 e. The zero-order valence-electron chi connectivity index (χ0n) is 15.7. The maximum atomic E-state index is 13.8. The van der Waals surface area contributed by atoms with E-state index in [2.05, 4.69) is 5.32 Å². The Hall–Kier alpha value is -3.91. The number of phenolic OH excluding ortho intramolecular Hbond substituents is 1. The fourth-order valence-corrected chi connectivity index (χ4v) is 2.91. The van der Waals surface area contributed by atoms with E-state index in [1.165, 1.54) is 17.6 Å². The number of phenols is 1. The van der Waals surface area contributed by atoms with E-state index in [4.69, 9.17) is 9.94 Å². The second kappa shape index (κ2) is 9.53. The monoisotopic (exact) mass is 410 g/mol. The molecule has 3 rings (SSSR count). The molecule has 4 N–H and O–H groups in total. The molecular weight excluding hydrogens is 391 g/mol. The lowest BCUT2D eigenvalue weighted by Crippen LogP contribution is -2.18. The summed E-state index contributed by atoms with van der Waals surface area (Å²) < 4.78 is 19.2. The lowest BCUT2D eigenvalue weighted by Gasteiger charge is -2.18. The van der Waals surface area contributed by atoms with Crippen molar-refractivity contribution < 1.29 is 29.0 Å². The van der Waals surface area contributed by atoms with Gasteiger partial charge in [0, 0.05) is 17.9 Å². The van der Waals surface area contributed by atoms with Gasteiger partial charge in [0.2, 0.25) is 0 Å². The standard InChI is InChI=1S/C22H19FN2O5/c23-17-13-15(11-12-19(17)26)20(9-4-10-21(27)25-29)30-22(28)24-18-8-3-6-14-5-1-2-7-16(14)18/h1-8,10-13,20,26,29H,9H2,(H,24,28)(H,25,27)/b10-4+/t20-/m1/s1. The molecule has 154 valence electrons. The second-order valence-corrected chi connectivity index (χ2v) is 6.37. The predicted molar refractivity (Wildman–Crippen MR) is 109 cm³/mol. The van der Waals surface area contributed by atoms with Crippen molar-refractivity contribution in [2.24, 2.45) is 0 Å². The van der Waals surface area contributed by atoms with E-state index in [1.54, 1.807) is 12.1 Å². The number of carbonyl (C=O) groups excluding carboxylic acids is 2. The Morgan fingerprint density at radius 2 is 1.87 bits per heavy atom. The largest absolute Gasteiger partial charge is 0.505 e. The highest BCUT2D eigenvalue weighted by molar-refractivity contribution is 6.00. The molecule has 0 spiro atoms. The van der Waals surface area contributed by atoms with Crippen LogP contribution in [0.2, 0.25) is 0 Å². The Labute approximate surface area is 171 Å². The van der Waals surface area contributed by atoms with Crippen molar-refractivity contribution in [2.75, 3.05) is 5.32 Å². The van der Waals surface area contributed by atoms with Gasteiger partial charge in [0.1, 0.15) is 6.10 Å². The van der Waals surface area contributed by atoms with Gasteiger partial charge in [-0.1, -0.05) is 48.5 Å². The van der Waals surface area contributed by atoms with Gasteiger partial charge in [-0.05, 0) is 29.1 Å². The number of carbonyl (C=O) groups is 2. The van der Waals surface area contributed by atoms with E-state index in [1.807, 2.05) is 30.3 Å². The third kappa shape index (κ3) is 5.12. The first-order valence-electron chi connectivity index (χ1n) is 9.02. The number of hydrogen-bond acceptors (Lipinski definition) is 5. The molecule has 0 bridgehead atoms. The first kappa shape index (κ1) is 20.8. The number of benzene rings is 3. The van der Waals surface area contributed by atoms with E-state index in [0.29, 0.717) is 5.69 Å². The fraction of sp³-hybridized carbons (Fsp3) is 0.0909. The molecular formula is C22H19FN2O5. The number of amides is 2. The molecule has 0 unspecified atom stereocenters. The Morgan fingerprint density at radius 3 is 2.63 bits per heavy atom. The molecule has 0 aromatic heterocycles. The van der Waals surface area contributed by atoms with Gasteiger partial charge in [0.15, 0.2) is 11.6 Å². The van der Waals surface area contributed by atoms with E-state index in [9.17, 15) is 19.1 Å². The van der Waals surface area contributed by atoms with Crippen LogP contribution in [-0.4, -0.2) is 22.3 Å². The van der Waals surface area contributed by atoms with Crippen molar-refractivity contribution in [3.8, 4) is 5.75 Å². The first-order chi connectivity index (χ1) is 14.5. The summed E-state index contributed by atoms with van der Waals surface area (Å²) in [4.78, 5) is 23.7. The van der Waals surface area contributed by atoms with Gasteiger partial charge < -0.3 is 9.84 Å². The summed E-state index contributed by atoms with van der Waals surface area (Å²) in [6, 6.07) is 16.5. The summed E-state index contributed by atoms with van der Waals surface area (Å²) in [6.07, 6.45) is 0.727. The van der Waals surface area contributed by atoms with Crippen LogP contribution >= 0.6 is 0 Å².